The van der Waals surface area contributed by atoms with Gasteiger partial charge < -0.3 is 27.4 Å². The topological polar surface area (TPSA) is 55.4 Å². The van der Waals surface area contributed by atoms with E-state index < -0.39 is 0 Å². The van der Waals surface area contributed by atoms with Gasteiger partial charge >= 0.3 is 0 Å². The predicted octanol–water partition coefficient (Wildman–Crippen LogP) is 30.7. The standard InChI is InChI=1S/C118H74N8/c1-6-25-76(26-7-1)118-119-104(75-45-55-90(56-46-75)125-114-61-51-81(77-47-57-110-96(66-77)92-37-16-20-41-106(92)121(110)86-28-8-2-9-29-86)70-100(114)101-71-82(52-62-115(101)125)78-48-58-111-97(67-78)93-38-17-21-42-107(93)122(111)87-30-10-3-11-31-87)74-105(120-118)85-27-24-36-91(65-85)126-116-63-53-83(79-49-59-112-98(68-79)94-39-18-22-43-108(94)123(112)88-32-12-4-13-33-88)72-102(116)103-73-84(54-64-117(103)126)80-50-60-113-99(69-80)95-40-19-23-44-109(95)124(113)89-34-14-5-15-35-89/h1-74H. The number of nitrogens with zero attached hydrogens (tertiary/aromatic N) is 8. The highest BCUT2D eigenvalue weighted by Gasteiger charge is 2.24. The zero-order valence-corrected chi connectivity index (χ0v) is 68.3. The monoisotopic (exact) mass is 1600 g/mol. The Kier molecular flexibility index (Phi) is 15.9. The molecule has 26 rings (SSSR count). The third-order valence-corrected chi connectivity index (χ3v) is 26.2. The van der Waals surface area contributed by atoms with Crippen LogP contribution in [0.4, 0.5) is 0 Å². The zero-order chi connectivity index (χ0) is 82.6. The SMILES string of the molecule is c1ccc(-c2nc(-c3ccc(-n4c5ccc(-c6ccc7c(c6)c6ccccc6n7-c6ccccc6)cc5c5cc(-c6ccc7c(c6)c6ccccc6n7-c6ccccc6)ccc54)cc3)cc(-c3cccc(-n4c5ccc(-c6ccc7c(c6)c6ccccc6n7-c6ccccc6)cc5c5cc(-c6ccc7c(c6)c6ccccc6n7-c6ccccc6)ccc54)c3)n2)cc1. The van der Waals surface area contributed by atoms with Crippen molar-refractivity contribution < 1.29 is 0 Å². The van der Waals surface area contributed by atoms with Crippen molar-refractivity contribution in [1.29, 1.82) is 0 Å². The largest absolute Gasteiger partial charge is 0.309 e. The van der Waals surface area contributed by atoms with E-state index in [4.69, 9.17) is 9.97 Å². The minimum absolute atomic E-state index is 0.649. The average molecular weight is 1600 g/mol. The molecule has 586 valence electrons. The Balaban J connectivity index is 0.603. The van der Waals surface area contributed by atoms with Crippen molar-refractivity contribution in [3.8, 4) is 113 Å². The fraction of sp³-hybridized carbons (Fsp3) is 0. The highest BCUT2D eigenvalue weighted by molar-refractivity contribution is 6.18. The molecule has 0 amide bonds. The van der Waals surface area contributed by atoms with Crippen LogP contribution in [0, 0.1) is 0 Å². The Morgan fingerprint density at radius 1 is 0.119 bits per heavy atom. The summed E-state index contributed by atoms with van der Waals surface area (Å²) < 4.78 is 14.4. The molecule has 0 spiro atoms. The summed E-state index contributed by atoms with van der Waals surface area (Å²) in [6.45, 7) is 0. The van der Waals surface area contributed by atoms with Crippen molar-refractivity contribution in [1.82, 2.24) is 37.4 Å². The lowest BCUT2D eigenvalue weighted by Gasteiger charge is -2.13. The summed E-state index contributed by atoms with van der Waals surface area (Å²) in [7, 11) is 0. The second-order valence-electron chi connectivity index (χ2n) is 33.2. The van der Waals surface area contributed by atoms with Crippen LogP contribution < -0.4 is 0 Å². The molecular weight excluding hydrogens is 1530 g/mol. The average Bonchev–Trinajstić information content (AvgIpc) is 1.58. The molecule has 0 unspecified atom stereocenters. The van der Waals surface area contributed by atoms with Gasteiger partial charge in [-0.05, 0) is 245 Å². The van der Waals surface area contributed by atoms with E-state index >= 15 is 0 Å². The molecule has 0 saturated carbocycles. The number of fused-ring (bicyclic) bond motifs is 18. The lowest BCUT2D eigenvalue weighted by molar-refractivity contribution is 1.16. The second kappa shape index (κ2) is 28.3. The first-order valence-corrected chi connectivity index (χ1v) is 43.2. The Morgan fingerprint density at radius 3 is 0.619 bits per heavy atom. The maximum absolute atomic E-state index is 5.49. The van der Waals surface area contributed by atoms with Gasteiger partial charge in [-0.2, -0.15) is 0 Å². The summed E-state index contributed by atoms with van der Waals surface area (Å²) in [5.41, 5.74) is 34.3. The highest BCUT2D eigenvalue weighted by atomic mass is 15.0. The third-order valence-electron chi connectivity index (χ3n) is 26.2. The van der Waals surface area contributed by atoms with Gasteiger partial charge in [0.15, 0.2) is 5.82 Å². The number of aromatic nitrogens is 8. The Labute approximate surface area is 724 Å². The van der Waals surface area contributed by atoms with Gasteiger partial charge in [-0.1, -0.05) is 249 Å². The molecule has 7 aromatic heterocycles. The molecule has 26 aromatic rings. The second-order valence-corrected chi connectivity index (χ2v) is 33.2. The number of hydrogen-bond donors (Lipinski definition) is 0. The summed E-state index contributed by atoms with van der Waals surface area (Å²) in [6, 6.07) is 165. The number of para-hydroxylation sites is 8. The molecule has 0 bridgehead atoms. The fourth-order valence-electron chi connectivity index (χ4n) is 20.4. The van der Waals surface area contributed by atoms with E-state index in [1.807, 2.05) is 0 Å². The summed E-state index contributed by atoms with van der Waals surface area (Å²) in [5.74, 6) is 0.649. The molecule has 8 nitrogen and oxygen atoms in total. The molecule has 126 heavy (non-hydrogen) atoms. The lowest BCUT2D eigenvalue weighted by atomic mass is 9.98. The Hall–Kier alpha value is -16.9. The van der Waals surface area contributed by atoms with Gasteiger partial charge in [-0.15, -0.1) is 0 Å². The Bertz CT molecular complexity index is 8500. The summed E-state index contributed by atoms with van der Waals surface area (Å²) in [6.07, 6.45) is 0. The van der Waals surface area contributed by atoms with Crippen molar-refractivity contribution in [2.75, 3.05) is 0 Å². The highest BCUT2D eigenvalue weighted by Crippen LogP contribution is 2.46. The fourth-order valence-corrected chi connectivity index (χ4v) is 20.4. The molecule has 0 radical (unpaired) electrons. The molecule has 8 heteroatoms. The van der Waals surface area contributed by atoms with Crippen molar-refractivity contribution in [3.05, 3.63) is 449 Å². The van der Waals surface area contributed by atoms with Crippen LogP contribution in [0.5, 0.6) is 0 Å². The third kappa shape index (κ3) is 11.3. The first kappa shape index (κ1) is 70.9. The smallest absolute Gasteiger partial charge is 0.160 e. The summed E-state index contributed by atoms with van der Waals surface area (Å²) in [4.78, 5) is 11.0. The zero-order valence-electron chi connectivity index (χ0n) is 68.3. The van der Waals surface area contributed by atoms with Gasteiger partial charge in [-0.3, -0.25) is 0 Å². The number of rotatable bonds is 13. The summed E-state index contributed by atoms with van der Waals surface area (Å²) >= 11 is 0. The van der Waals surface area contributed by atoms with Crippen molar-refractivity contribution in [3.63, 3.8) is 0 Å². The van der Waals surface area contributed by atoms with Crippen LogP contribution in [0.1, 0.15) is 0 Å². The van der Waals surface area contributed by atoms with Crippen molar-refractivity contribution in [2.45, 2.75) is 0 Å². The lowest BCUT2D eigenvalue weighted by Crippen LogP contribution is -1.98. The van der Waals surface area contributed by atoms with E-state index in [0.717, 1.165) is 140 Å². The number of hydrogen-bond acceptors (Lipinski definition) is 2. The van der Waals surface area contributed by atoms with E-state index in [9.17, 15) is 0 Å². The molecular formula is C118H74N8. The van der Waals surface area contributed by atoms with Gasteiger partial charge in [0.05, 0.1) is 77.6 Å². The molecule has 19 aromatic carbocycles. The first-order chi connectivity index (χ1) is 62.5. The van der Waals surface area contributed by atoms with E-state index in [1.54, 1.807) is 0 Å². The molecule has 0 fully saturated rings. The molecule has 7 heterocycles. The van der Waals surface area contributed by atoms with Crippen LogP contribution in [0.25, 0.3) is 243 Å². The van der Waals surface area contributed by atoms with Gasteiger partial charge in [0.25, 0.3) is 0 Å². The normalized spacial score (nSPS) is 12.0. The van der Waals surface area contributed by atoms with E-state index in [1.165, 1.54) is 98.0 Å². The van der Waals surface area contributed by atoms with Crippen LogP contribution in [0.3, 0.4) is 0 Å². The molecule has 0 aliphatic heterocycles. The van der Waals surface area contributed by atoms with E-state index in [2.05, 4.69) is 476 Å². The van der Waals surface area contributed by atoms with E-state index in [-0.39, 0.29) is 0 Å². The van der Waals surface area contributed by atoms with Crippen LogP contribution in [-0.2, 0) is 0 Å². The minimum Gasteiger partial charge on any atom is -0.309 e. The van der Waals surface area contributed by atoms with Gasteiger partial charge in [0.2, 0.25) is 0 Å². The van der Waals surface area contributed by atoms with Crippen LogP contribution in [-0.4, -0.2) is 37.4 Å². The van der Waals surface area contributed by atoms with Crippen molar-refractivity contribution in [2.24, 2.45) is 0 Å². The predicted molar refractivity (Wildman–Crippen MR) is 526 cm³/mol. The van der Waals surface area contributed by atoms with Gasteiger partial charge in [0, 0.05) is 115 Å². The number of benzene rings is 19. The van der Waals surface area contributed by atoms with Crippen LogP contribution in [0.2, 0.25) is 0 Å². The molecule has 0 aliphatic carbocycles. The minimum atomic E-state index is 0.649. The maximum Gasteiger partial charge on any atom is 0.160 e. The molecule has 0 aliphatic rings. The first-order valence-electron chi connectivity index (χ1n) is 43.2. The Morgan fingerprint density at radius 2 is 0.325 bits per heavy atom. The molecule has 0 atom stereocenters. The molecule has 0 saturated heterocycles. The quantitative estimate of drug-likeness (QED) is 0.116. The van der Waals surface area contributed by atoms with Gasteiger partial charge in [-0.25, -0.2) is 9.97 Å². The summed E-state index contributed by atoms with van der Waals surface area (Å²) in [5, 5.41) is 14.4. The van der Waals surface area contributed by atoms with E-state index in [0.29, 0.717) is 5.82 Å². The van der Waals surface area contributed by atoms with Crippen molar-refractivity contribution >= 4 is 131 Å². The molecule has 0 N–H and O–H groups in total. The maximum atomic E-state index is 5.49. The van der Waals surface area contributed by atoms with Gasteiger partial charge in [0.1, 0.15) is 0 Å². The van der Waals surface area contributed by atoms with Crippen LogP contribution in [0.15, 0.2) is 449 Å². The van der Waals surface area contributed by atoms with Crippen LogP contribution >= 0.6 is 0 Å².